The van der Waals surface area contributed by atoms with Gasteiger partial charge in [-0.1, -0.05) is 30.3 Å². The molecule has 1 amide bonds. The monoisotopic (exact) mass is 490 g/mol. The zero-order chi connectivity index (χ0) is 25.2. The number of likely N-dealkylation sites (tertiary alicyclic amines) is 1. The first kappa shape index (κ1) is 23.9. The van der Waals surface area contributed by atoms with Crippen molar-refractivity contribution >= 4 is 16.9 Å². The summed E-state index contributed by atoms with van der Waals surface area (Å²) in [4.78, 5) is 22.9. The lowest BCUT2D eigenvalue weighted by Gasteiger charge is -2.31. The molecule has 1 fully saturated rings. The molecule has 5 rings (SSSR count). The largest absolute Gasteiger partial charge is 0.434 e. The van der Waals surface area contributed by atoms with Gasteiger partial charge >= 0.3 is 6.61 Å². The molecule has 2 aromatic heterocycles. The van der Waals surface area contributed by atoms with Crippen LogP contribution in [0.3, 0.4) is 0 Å². The Morgan fingerprint density at radius 1 is 1.08 bits per heavy atom. The lowest BCUT2D eigenvalue weighted by Crippen LogP contribution is -2.36. The number of amides is 1. The van der Waals surface area contributed by atoms with Gasteiger partial charge in [0.1, 0.15) is 11.6 Å². The van der Waals surface area contributed by atoms with E-state index in [0.717, 1.165) is 59.6 Å². The molecule has 0 spiro atoms. The standard InChI is InChI=1S/C28H28F2N4O2/c1-18-32-25-10-7-21(15-26(25)34(18)17-23-5-3-4-6-27(23)36-28(29)30)22-8-9-24(31-16-22)20-11-13-33(14-12-20)19(2)35/h3-10,15-16,20,28H,11-14,17H2,1-2H3. The molecule has 0 radical (unpaired) electrons. The summed E-state index contributed by atoms with van der Waals surface area (Å²) in [6.07, 6.45) is 3.74. The number of hydrogen-bond donors (Lipinski definition) is 0. The molecule has 0 unspecified atom stereocenters. The summed E-state index contributed by atoms with van der Waals surface area (Å²) >= 11 is 0. The Morgan fingerprint density at radius 3 is 2.53 bits per heavy atom. The fourth-order valence-corrected chi connectivity index (χ4v) is 4.95. The van der Waals surface area contributed by atoms with E-state index in [0.29, 0.717) is 18.0 Å². The molecule has 0 aliphatic carbocycles. The van der Waals surface area contributed by atoms with E-state index in [-0.39, 0.29) is 11.7 Å². The number of alkyl halides is 2. The molecule has 0 N–H and O–H groups in total. The van der Waals surface area contributed by atoms with Gasteiger partial charge < -0.3 is 14.2 Å². The third-order valence-electron chi connectivity index (χ3n) is 6.93. The molecule has 36 heavy (non-hydrogen) atoms. The second-order valence-corrected chi connectivity index (χ2v) is 9.19. The highest BCUT2D eigenvalue weighted by atomic mass is 19.3. The van der Waals surface area contributed by atoms with Crippen molar-refractivity contribution in [2.24, 2.45) is 0 Å². The Morgan fingerprint density at radius 2 is 1.83 bits per heavy atom. The molecule has 0 atom stereocenters. The number of aryl methyl sites for hydroxylation is 1. The van der Waals surface area contributed by atoms with Gasteiger partial charge in [-0.3, -0.25) is 9.78 Å². The number of ether oxygens (including phenoxy) is 1. The summed E-state index contributed by atoms with van der Waals surface area (Å²) in [5, 5.41) is 0. The van der Waals surface area contributed by atoms with Gasteiger partial charge in [-0.2, -0.15) is 8.78 Å². The molecule has 1 saturated heterocycles. The number of piperidine rings is 1. The number of pyridine rings is 1. The average Bonchev–Trinajstić information content (AvgIpc) is 3.19. The number of nitrogens with zero attached hydrogens (tertiary/aromatic N) is 4. The number of carbonyl (C=O) groups excluding carboxylic acids is 1. The van der Waals surface area contributed by atoms with E-state index in [1.807, 2.05) is 40.8 Å². The van der Waals surface area contributed by atoms with Crippen molar-refractivity contribution in [2.45, 2.75) is 45.8 Å². The van der Waals surface area contributed by atoms with Crippen LogP contribution < -0.4 is 4.74 Å². The third-order valence-corrected chi connectivity index (χ3v) is 6.93. The number of imidazole rings is 1. The van der Waals surface area contributed by atoms with Crippen LogP contribution in [0.4, 0.5) is 8.78 Å². The third kappa shape index (κ3) is 4.94. The lowest BCUT2D eigenvalue weighted by atomic mass is 9.92. The van der Waals surface area contributed by atoms with E-state index in [9.17, 15) is 13.6 Å². The van der Waals surface area contributed by atoms with Gasteiger partial charge in [-0.05, 0) is 49.6 Å². The molecular weight excluding hydrogens is 462 g/mol. The first-order valence-electron chi connectivity index (χ1n) is 12.1. The number of benzene rings is 2. The molecule has 4 aromatic rings. The maximum Gasteiger partial charge on any atom is 0.387 e. The average molecular weight is 491 g/mol. The highest BCUT2D eigenvalue weighted by molar-refractivity contribution is 5.82. The maximum absolute atomic E-state index is 12.9. The number of carbonyl (C=O) groups is 1. The first-order chi connectivity index (χ1) is 17.4. The zero-order valence-corrected chi connectivity index (χ0v) is 20.3. The molecule has 8 heteroatoms. The Labute approximate surface area is 208 Å². The quantitative estimate of drug-likeness (QED) is 0.344. The number of hydrogen-bond acceptors (Lipinski definition) is 4. The number of halogens is 2. The van der Waals surface area contributed by atoms with Crippen LogP contribution >= 0.6 is 0 Å². The molecule has 3 heterocycles. The Balaban J connectivity index is 1.40. The highest BCUT2D eigenvalue weighted by Crippen LogP contribution is 2.30. The normalized spacial score (nSPS) is 14.5. The van der Waals surface area contributed by atoms with Gasteiger partial charge in [0.2, 0.25) is 5.91 Å². The van der Waals surface area contributed by atoms with E-state index in [2.05, 4.69) is 23.2 Å². The van der Waals surface area contributed by atoms with Crippen molar-refractivity contribution in [3.8, 4) is 16.9 Å². The van der Waals surface area contributed by atoms with Gasteiger partial charge in [0.05, 0.1) is 17.6 Å². The van der Waals surface area contributed by atoms with E-state index < -0.39 is 6.61 Å². The van der Waals surface area contributed by atoms with E-state index in [1.165, 1.54) is 0 Å². The second-order valence-electron chi connectivity index (χ2n) is 9.19. The minimum absolute atomic E-state index is 0.131. The molecule has 0 saturated carbocycles. The maximum atomic E-state index is 12.9. The van der Waals surface area contributed by atoms with E-state index >= 15 is 0 Å². The van der Waals surface area contributed by atoms with Crippen molar-refractivity contribution in [3.63, 3.8) is 0 Å². The fourth-order valence-electron chi connectivity index (χ4n) is 4.95. The van der Waals surface area contributed by atoms with Crippen LogP contribution in [0.5, 0.6) is 5.75 Å². The molecule has 1 aliphatic heterocycles. The van der Waals surface area contributed by atoms with Crippen molar-refractivity contribution in [1.82, 2.24) is 19.4 Å². The lowest BCUT2D eigenvalue weighted by molar-refractivity contribution is -0.129. The number of aromatic nitrogens is 3. The number of fused-ring (bicyclic) bond motifs is 1. The Bertz CT molecular complexity index is 1380. The first-order valence-corrected chi connectivity index (χ1v) is 12.1. The van der Waals surface area contributed by atoms with Crippen molar-refractivity contribution < 1.29 is 18.3 Å². The van der Waals surface area contributed by atoms with Crippen molar-refractivity contribution in [1.29, 1.82) is 0 Å². The van der Waals surface area contributed by atoms with Gasteiger partial charge in [-0.25, -0.2) is 4.98 Å². The number of para-hydroxylation sites is 1. The molecule has 0 bridgehead atoms. The smallest absolute Gasteiger partial charge is 0.387 e. The van der Waals surface area contributed by atoms with Crippen LogP contribution in [0.2, 0.25) is 0 Å². The van der Waals surface area contributed by atoms with Crippen molar-refractivity contribution in [3.05, 3.63) is 77.9 Å². The molecule has 2 aromatic carbocycles. The van der Waals surface area contributed by atoms with Crippen LogP contribution in [0.15, 0.2) is 60.8 Å². The summed E-state index contributed by atoms with van der Waals surface area (Å²) in [6.45, 7) is 2.56. The van der Waals surface area contributed by atoms with Gasteiger partial charge in [-0.15, -0.1) is 0 Å². The fraction of sp³-hybridized carbons (Fsp3) is 0.321. The van der Waals surface area contributed by atoms with Gasteiger partial charge in [0, 0.05) is 48.9 Å². The van der Waals surface area contributed by atoms with Crippen LogP contribution in [-0.2, 0) is 11.3 Å². The number of rotatable bonds is 6. The summed E-state index contributed by atoms with van der Waals surface area (Å²) < 4.78 is 32.5. The summed E-state index contributed by atoms with van der Waals surface area (Å²) in [6, 6.07) is 17.1. The van der Waals surface area contributed by atoms with Crippen LogP contribution in [0, 0.1) is 6.92 Å². The van der Waals surface area contributed by atoms with Gasteiger partial charge in [0.25, 0.3) is 0 Å². The molecule has 186 valence electrons. The highest BCUT2D eigenvalue weighted by Gasteiger charge is 2.23. The molecule has 1 aliphatic rings. The van der Waals surface area contributed by atoms with E-state index in [4.69, 9.17) is 9.72 Å². The zero-order valence-electron chi connectivity index (χ0n) is 20.3. The van der Waals surface area contributed by atoms with Crippen LogP contribution in [0.25, 0.3) is 22.2 Å². The second kappa shape index (κ2) is 10.0. The minimum Gasteiger partial charge on any atom is -0.434 e. The summed E-state index contributed by atoms with van der Waals surface area (Å²) in [7, 11) is 0. The van der Waals surface area contributed by atoms with E-state index in [1.54, 1.807) is 25.1 Å². The predicted octanol–water partition coefficient (Wildman–Crippen LogP) is 5.78. The minimum atomic E-state index is -2.88. The Kier molecular flexibility index (Phi) is 6.67. The summed E-state index contributed by atoms with van der Waals surface area (Å²) in [5.74, 6) is 1.45. The molecular formula is C28H28F2N4O2. The molecule has 6 nitrogen and oxygen atoms in total. The van der Waals surface area contributed by atoms with Gasteiger partial charge in [0.15, 0.2) is 0 Å². The van der Waals surface area contributed by atoms with Crippen LogP contribution in [-0.4, -0.2) is 45.0 Å². The summed E-state index contributed by atoms with van der Waals surface area (Å²) in [5.41, 5.74) is 5.47. The SMILES string of the molecule is CC(=O)N1CCC(c2ccc(-c3ccc4nc(C)n(Cc5ccccc5OC(F)F)c4c3)cn2)CC1. The Hall–Kier alpha value is -3.81. The predicted molar refractivity (Wildman–Crippen MR) is 134 cm³/mol. The van der Waals surface area contributed by atoms with Crippen molar-refractivity contribution in [2.75, 3.05) is 13.1 Å². The topological polar surface area (TPSA) is 60.2 Å². The van der Waals surface area contributed by atoms with Crippen LogP contribution in [0.1, 0.15) is 42.8 Å².